The van der Waals surface area contributed by atoms with Crippen LogP contribution in [-0.2, 0) is 9.84 Å². The van der Waals surface area contributed by atoms with E-state index in [2.05, 4.69) is 5.32 Å². The van der Waals surface area contributed by atoms with Crippen molar-refractivity contribution in [2.45, 2.75) is 43.2 Å². The number of hydrogen-bond acceptors (Lipinski definition) is 4. The van der Waals surface area contributed by atoms with E-state index in [9.17, 15) is 8.42 Å². The first-order valence-electron chi connectivity index (χ1n) is 7.23. The predicted octanol–water partition coefficient (Wildman–Crippen LogP) is 2.72. The summed E-state index contributed by atoms with van der Waals surface area (Å²) in [6.45, 7) is 2.05. The third-order valence-corrected chi connectivity index (χ3v) is 6.69. The van der Waals surface area contributed by atoms with Crippen LogP contribution in [0.15, 0.2) is 35.2 Å². The van der Waals surface area contributed by atoms with E-state index in [1.807, 2.05) is 24.8 Å². The fraction of sp³-hybridized carbons (Fsp3) is 0.600. The second-order valence-electron chi connectivity index (χ2n) is 5.28. The molecule has 1 fully saturated rings. The van der Waals surface area contributed by atoms with Crippen molar-refractivity contribution in [1.82, 2.24) is 5.32 Å². The molecule has 0 saturated carbocycles. The van der Waals surface area contributed by atoms with Gasteiger partial charge in [-0.3, -0.25) is 0 Å². The lowest BCUT2D eigenvalue weighted by atomic mass is 10.1. The van der Waals surface area contributed by atoms with E-state index in [0.29, 0.717) is 10.9 Å². The van der Waals surface area contributed by atoms with Gasteiger partial charge in [0, 0.05) is 17.8 Å². The third kappa shape index (κ3) is 4.50. The summed E-state index contributed by atoms with van der Waals surface area (Å²) in [5, 5.41) is 3.53. The van der Waals surface area contributed by atoms with Crippen LogP contribution in [0.25, 0.3) is 0 Å². The number of thioether (sulfide) groups is 1. The maximum Gasteiger partial charge on any atom is 0.179 e. The van der Waals surface area contributed by atoms with Crippen LogP contribution in [-0.4, -0.2) is 37.8 Å². The Labute approximate surface area is 126 Å². The first kappa shape index (κ1) is 15.9. The molecule has 1 N–H and O–H groups in total. The van der Waals surface area contributed by atoms with E-state index >= 15 is 0 Å². The standard InChI is InChI=1S/C15H23NO2S2/c1-2-13(16-14-7-6-10-19-11-14)12-20(17,18)15-8-4-3-5-9-15/h3-5,8-9,13-14,16H,2,6-7,10-12H2,1H3. The van der Waals surface area contributed by atoms with E-state index in [-0.39, 0.29) is 11.8 Å². The first-order valence-corrected chi connectivity index (χ1v) is 10.0. The van der Waals surface area contributed by atoms with Gasteiger partial charge in [0.05, 0.1) is 10.6 Å². The van der Waals surface area contributed by atoms with Crippen molar-refractivity contribution in [2.24, 2.45) is 0 Å². The Morgan fingerprint density at radius 2 is 2.10 bits per heavy atom. The summed E-state index contributed by atoms with van der Waals surface area (Å²) in [5.41, 5.74) is 0. The summed E-state index contributed by atoms with van der Waals surface area (Å²) < 4.78 is 24.8. The van der Waals surface area contributed by atoms with Crippen molar-refractivity contribution in [1.29, 1.82) is 0 Å². The van der Waals surface area contributed by atoms with Gasteiger partial charge in [-0.2, -0.15) is 11.8 Å². The Kier molecular flexibility index (Phi) is 5.93. The summed E-state index contributed by atoms with van der Waals surface area (Å²) in [5.74, 6) is 2.52. The first-order chi connectivity index (χ1) is 9.62. The van der Waals surface area contributed by atoms with Crippen LogP contribution in [0.4, 0.5) is 0 Å². The Hall–Kier alpha value is -0.520. The molecule has 112 valence electrons. The Morgan fingerprint density at radius 3 is 2.70 bits per heavy atom. The van der Waals surface area contributed by atoms with Gasteiger partial charge in [-0.15, -0.1) is 0 Å². The van der Waals surface area contributed by atoms with Crippen molar-refractivity contribution < 1.29 is 8.42 Å². The summed E-state index contributed by atoms with van der Waals surface area (Å²) >= 11 is 1.96. The molecule has 0 aromatic heterocycles. The van der Waals surface area contributed by atoms with Gasteiger partial charge in [0.25, 0.3) is 0 Å². The lowest BCUT2D eigenvalue weighted by Gasteiger charge is -2.27. The van der Waals surface area contributed by atoms with E-state index in [1.54, 1.807) is 24.3 Å². The van der Waals surface area contributed by atoms with Gasteiger partial charge in [-0.05, 0) is 37.1 Å². The Bertz CT molecular complexity index is 496. The molecule has 2 atom stereocenters. The van der Waals surface area contributed by atoms with E-state index < -0.39 is 9.84 Å². The molecule has 0 bridgehead atoms. The number of nitrogens with one attached hydrogen (secondary N) is 1. The highest BCUT2D eigenvalue weighted by atomic mass is 32.2. The lowest BCUT2D eigenvalue weighted by molar-refractivity contribution is 0.434. The van der Waals surface area contributed by atoms with E-state index in [4.69, 9.17) is 0 Å². The minimum Gasteiger partial charge on any atom is -0.309 e. The van der Waals surface area contributed by atoms with Crippen LogP contribution in [0, 0.1) is 0 Å². The molecule has 1 aromatic rings. The molecule has 2 rings (SSSR count). The van der Waals surface area contributed by atoms with E-state index in [1.165, 1.54) is 12.2 Å². The Balaban J connectivity index is 1.98. The Morgan fingerprint density at radius 1 is 1.35 bits per heavy atom. The molecule has 5 heteroatoms. The fourth-order valence-electron chi connectivity index (χ4n) is 2.48. The SMILES string of the molecule is CCC(CS(=O)(=O)c1ccccc1)NC1CCCSC1. The largest absolute Gasteiger partial charge is 0.309 e. The lowest BCUT2D eigenvalue weighted by Crippen LogP contribution is -2.44. The molecule has 0 aliphatic carbocycles. The minimum atomic E-state index is -3.19. The molecule has 0 radical (unpaired) electrons. The van der Waals surface area contributed by atoms with Crippen molar-refractivity contribution in [2.75, 3.05) is 17.3 Å². The highest BCUT2D eigenvalue weighted by Crippen LogP contribution is 2.19. The van der Waals surface area contributed by atoms with Gasteiger partial charge in [-0.25, -0.2) is 8.42 Å². The molecule has 3 nitrogen and oxygen atoms in total. The van der Waals surface area contributed by atoms with Crippen molar-refractivity contribution >= 4 is 21.6 Å². The van der Waals surface area contributed by atoms with Gasteiger partial charge < -0.3 is 5.32 Å². The van der Waals surface area contributed by atoms with Gasteiger partial charge in [-0.1, -0.05) is 25.1 Å². The summed E-state index contributed by atoms with van der Waals surface area (Å²) in [4.78, 5) is 0.429. The molecule has 0 spiro atoms. The van der Waals surface area contributed by atoms with Gasteiger partial charge >= 0.3 is 0 Å². The van der Waals surface area contributed by atoms with Crippen LogP contribution in [0.1, 0.15) is 26.2 Å². The van der Waals surface area contributed by atoms with Crippen LogP contribution in [0.5, 0.6) is 0 Å². The highest BCUT2D eigenvalue weighted by Gasteiger charge is 2.23. The number of sulfone groups is 1. The molecule has 20 heavy (non-hydrogen) atoms. The van der Waals surface area contributed by atoms with Gasteiger partial charge in [0.1, 0.15) is 0 Å². The van der Waals surface area contributed by atoms with Gasteiger partial charge in [0.15, 0.2) is 9.84 Å². The maximum absolute atomic E-state index is 12.4. The second-order valence-corrected chi connectivity index (χ2v) is 8.46. The quantitative estimate of drug-likeness (QED) is 0.877. The fourth-order valence-corrected chi connectivity index (χ4v) is 5.19. The molecule has 1 heterocycles. The number of benzene rings is 1. The van der Waals surface area contributed by atoms with E-state index in [0.717, 1.165) is 18.6 Å². The summed E-state index contributed by atoms with van der Waals surface area (Å²) in [6, 6.07) is 9.26. The third-order valence-electron chi connectivity index (χ3n) is 3.65. The minimum absolute atomic E-state index is 0.0453. The maximum atomic E-state index is 12.4. The zero-order chi connectivity index (χ0) is 14.4. The normalized spacial score (nSPS) is 21.6. The van der Waals surface area contributed by atoms with Crippen LogP contribution >= 0.6 is 11.8 Å². The zero-order valence-electron chi connectivity index (χ0n) is 11.9. The number of rotatable bonds is 6. The molecule has 1 aromatic carbocycles. The molecule has 1 aliphatic heterocycles. The topological polar surface area (TPSA) is 46.2 Å². The van der Waals surface area contributed by atoms with Crippen molar-refractivity contribution in [3.8, 4) is 0 Å². The summed E-state index contributed by atoms with van der Waals surface area (Å²) in [6.07, 6.45) is 3.23. The second kappa shape index (κ2) is 7.48. The van der Waals surface area contributed by atoms with Gasteiger partial charge in [0.2, 0.25) is 0 Å². The van der Waals surface area contributed by atoms with Crippen molar-refractivity contribution in [3.05, 3.63) is 30.3 Å². The highest BCUT2D eigenvalue weighted by molar-refractivity contribution is 7.99. The molecule has 1 saturated heterocycles. The predicted molar refractivity (Wildman–Crippen MR) is 86.1 cm³/mol. The smallest absolute Gasteiger partial charge is 0.179 e. The monoisotopic (exact) mass is 313 g/mol. The summed E-state index contributed by atoms with van der Waals surface area (Å²) in [7, 11) is -3.19. The molecule has 1 aliphatic rings. The zero-order valence-corrected chi connectivity index (χ0v) is 13.6. The van der Waals surface area contributed by atoms with Crippen LogP contribution in [0.3, 0.4) is 0 Å². The molecular weight excluding hydrogens is 290 g/mol. The molecule has 0 amide bonds. The van der Waals surface area contributed by atoms with Crippen LogP contribution in [0.2, 0.25) is 0 Å². The average Bonchev–Trinajstić information content (AvgIpc) is 2.48. The number of hydrogen-bond donors (Lipinski definition) is 1. The molecular formula is C15H23NO2S2. The molecule has 2 unspecified atom stereocenters. The average molecular weight is 313 g/mol. The van der Waals surface area contributed by atoms with Crippen molar-refractivity contribution in [3.63, 3.8) is 0 Å². The van der Waals surface area contributed by atoms with Crippen LogP contribution < -0.4 is 5.32 Å².